The predicted molar refractivity (Wildman–Crippen MR) is 47.4 cm³/mol. The van der Waals surface area contributed by atoms with E-state index in [9.17, 15) is 0 Å². The number of azide groups is 1. The number of hydrogen-bond acceptors (Lipinski definition) is 3. The molecule has 0 radical (unpaired) electrons. The molecule has 1 aliphatic rings. The minimum atomic E-state index is 0.535. The summed E-state index contributed by atoms with van der Waals surface area (Å²) in [6, 6.07) is 0. The third kappa shape index (κ3) is 3.57. The van der Waals surface area contributed by atoms with Crippen molar-refractivity contribution in [3.63, 3.8) is 0 Å². The summed E-state index contributed by atoms with van der Waals surface area (Å²) in [5, 5.41) is 5.65. The summed E-state index contributed by atoms with van der Waals surface area (Å²) in [5.41, 5.74) is 11.2. The molecule has 0 amide bonds. The molecule has 1 fully saturated rings. The Morgan fingerprint density at radius 1 is 1.33 bits per heavy atom. The quantitative estimate of drug-likeness (QED) is 0.298. The van der Waals surface area contributed by atoms with E-state index in [-0.39, 0.29) is 0 Å². The zero-order valence-electron chi connectivity index (χ0n) is 7.24. The molecule has 0 aromatic heterocycles. The van der Waals surface area contributed by atoms with Gasteiger partial charge in [-0.05, 0) is 18.4 Å². The first-order valence-corrected chi connectivity index (χ1v) is 4.43. The Hall–Kier alpha value is -0.770. The molecule has 0 atom stereocenters. The summed E-state index contributed by atoms with van der Waals surface area (Å²) in [6.07, 6.45) is 3.89. The molecular formula is C7H15N5. The smallest absolute Gasteiger partial charge is 0.0397 e. The lowest BCUT2D eigenvalue weighted by Gasteiger charge is -2.26. The van der Waals surface area contributed by atoms with Crippen molar-refractivity contribution in [1.82, 2.24) is 10.4 Å². The van der Waals surface area contributed by atoms with Gasteiger partial charge in [0.1, 0.15) is 0 Å². The van der Waals surface area contributed by atoms with Crippen LogP contribution in [0.1, 0.15) is 19.3 Å². The molecule has 5 nitrogen and oxygen atoms in total. The highest BCUT2D eigenvalue weighted by Gasteiger charge is 2.07. The molecule has 1 rings (SSSR count). The van der Waals surface area contributed by atoms with Gasteiger partial charge in [0.15, 0.2) is 0 Å². The SMILES string of the molecule is [N-]=[N+]=NCCNN1CCCCC1. The van der Waals surface area contributed by atoms with Gasteiger partial charge in [-0.25, -0.2) is 5.01 Å². The Bertz CT molecular complexity index is 157. The summed E-state index contributed by atoms with van der Waals surface area (Å²) >= 11 is 0. The van der Waals surface area contributed by atoms with Crippen molar-refractivity contribution in [1.29, 1.82) is 0 Å². The Balaban J connectivity index is 2.01. The number of nitrogens with one attached hydrogen (secondary N) is 1. The summed E-state index contributed by atoms with van der Waals surface area (Å²) in [7, 11) is 0. The second kappa shape index (κ2) is 5.83. The maximum Gasteiger partial charge on any atom is 0.0397 e. The van der Waals surface area contributed by atoms with Crippen LogP contribution in [-0.4, -0.2) is 31.2 Å². The van der Waals surface area contributed by atoms with Gasteiger partial charge in [-0.15, -0.1) is 0 Å². The van der Waals surface area contributed by atoms with Crippen LogP contribution in [0.15, 0.2) is 5.11 Å². The van der Waals surface area contributed by atoms with Crippen molar-refractivity contribution in [2.24, 2.45) is 5.11 Å². The third-order valence-corrected chi connectivity index (χ3v) is 1.97. The number of rotatable bonds is 4. The fourth-order valence-electron chi connectivity index (χ4n) is 1.35. The molecule has 0 bridgehead atoms. The van der Waals surface area contributed by atoms with Crippen molar-refractivity contribution in [2.75, 3.05) is 26.2 Å². The second-order valence-electron chi connectivity index (χ2n) is 2.91. The van der Waals surface area contributed by atoms with E-state index >= 15 is 0 Å². The summed E-state index contributed by atoms with van der Waals surface area (Å²) < 4.78 is 0. The van der Waals surface area contributed by atoms with Crippen LogP contribution in [0.3, 0.4) is 0 Å². The Morgan fingerprint density at radius 2 is 2.08 bits per heavy atom. The predicted octanol–water partition coefficient (Wildman–Crippen LogP) is 1.29. The van der Waals surface area contributed by atoms with E-state index in [0.29, 0.717) is 6.54 Å². The largest absolute Gasteiger partial charge is 0.255 e. The van der Waals surface area contributed by atoms with E-state index in [1.165, 1.54) is 19.3 Å². The highest BCUT2D eigenvalue weighted by atomic mass is 15.5. The van der Waals surface area contributed by atoms with E-state index in [0.717, 1.165) is 19.6 Å². The molecular weight excluding hydrogens is 154 g/mol. The van der Waals surface area contributed by atoms with Crippen LogP contribution in [0.25, 0.3) is 10.4 Å². The van der Waals surface area contributed by atoms with Gasteiger partial charge in [-0.3, -0.25) is 5.43 Å². The van der Waals surface area contributed by atoms with Gasteiger partial charge in [0, 0.05) is 31.1 Å². The van der Waals surface area contributed by atoms with Crippen molar-refractivity contribution in [3.05, 3.63) is 10.4 Å². The van der Waals surface area contributed by atoms with Crippen LogP contribution >= 0.6 is 0 Å². The third-order valence-electron chi connectivity index (χ3n) is 1.97. The maximum atomic E-state index is 8.02. The molecule has 68 valence electrons. The molecule has 0 aromatic rings. The minimum Gasteiger partial charge on any atom is -0.255 e. The zero-order valence-corrected chi connectivity index (χ0v) is 7.24. The molecule has 1 N–H and O–H groups in total. The number of nitrogens with zero attached hydrogens (tertiary/aromatic N) is 4. The van der Waals surface area contributed by atoms with Gasteiger partial charge in [0.25, 0.3) is 0 Å². The van der Waals surface area contributed by atoms with Crippen molar-refractivity contribution >= 4 is 0 Å². The van der Waals surface area contributed by atoms with Crippen LogP contribution in [-0.2, 0) is 0 Å². The van der Waals surface area contributed by atoms with Crippen molar-refractivity contribution in [3.8, 4) is 0 Å². The Labute approximate surface area is 72.3 Å². The lowest BCUT2D eigenvalue weighted by atomic mass is 10.2. The van der Waals surface area contributed by atoms with Gasteiger partial charge in [-0.2, -0.15) is 0 Å². The van der Waals surface area contributed by atoms with Crippen molar-refractivity contribution in [2.45, 2.75) is 19.3 Å². The highest BCUT2D eigenvalue weighted by molar-refractivity contribution is 4.61. The number of hydrogen-bond donors (Lipinski definition) is 1. The van der Waals surface area contributed by atoms with Gasteiger partial charge >= 0.3 is 0 Å². The van der Waals surface area contributed by atoms with Crippen LogP contribution in [0, 0.1) is 0 Å². The van der Waals surface area contributed by atoms with E-state index in [2.05, 4.69) is 20.5 Å². The van der Waals surface area contributed by atoms with Gasteiger partial charge in [0.2, 0.25) is 0 Å². The topological polar surface area (TPSA) is 64.0 Å². The standard InChI is InChI=1S/C7H15N5/c8-11-9-4-5-10-12-6-2-1-3-7-12/h10H,1-7H2. The van der Waals surface area contributed by atoms with Crippen LogP contribution < -0.4 is 5.43 Å². The monoisotopic (exact) mass is 169 g/mol. The minimum absolute atomic E-state index is 0.535. The van der Waals surface area contributed by atoms with Gasteiger partial charge in [-0.1, -0.05) is 11.5 Å². The molecule has 0 spiro atoms. The number of piperidine rings is 1. The Morgan fingerprint density at radius 3 is 2.75 bits per heavy atom. The number of hydrazine groups is 1. The van der Waals surface area contributed by atoms with Gasteiger partial charge < -0.3 is 0 Å². The van der Waals surface area contributed by atoms with Crippen LogP contribution in [0.4, 0.5) is 0 Å². The van der Waals surface area contributed by atoms with E-state index < -0.39 is 0 Å². The van der Waals surface area contributed by atoms with Crippen LogP contribution in [0.2, 0.25) is 0 Å². The molecule has 1 saturated heterocycles. The first-order valence-electron chi connectivity index (χ1n) is 4.43. The second-order valence-corrected chi connectivity index (χ2v) is 2.91. The molecule has 1 aliphatic heterocycles. The van der Waals surface area contributed by atoms with E-state index in [1.807, 2.05) is 0 Å². The lowest BCUT2D eigenvalue weighted by molar-refractivity contribution is 0.157. The lowest BCUT2D eigenvalue weighted by Crippen LogP contribution is -2.42. The maximum absolute atomic E-state index is 8.02. The van der Waals surface area contributed by atoms with Gasteiger partial charge in [0.05, 0.1) is 0 Å². The average Bonchev–Trinajstić information content (AvgIpc) is 2.14. The Kier molecular flexibility index (Phi) is 4.52. The highest BCUT2D eigenvalue weighted by Crippen LogP contribution is 2.05. The van der Waals surface area contributed by atoms with Crippen LogP contribution in [0.5, 0.6) is 0 Å². The van der Waals surface area contributed by atoms with E-state index in [4.69, 9.17) is 5.53 Å². The molecule has 0 aromatic carbocycles. The summed E-state index contributed by atoms with van der Waals surface area (Å²) in [4.78, 5) is 2.68. The summed E-state index contributed by atoms with van der Waals surface area (Å²) in [6.45, 7) is 3.53. The molecule has 5 heteroatoms. The molecule has 0 saturated carbocycles. The normalized spacial score (nSPS) is 18.7. The molecule has 0 aliphatic carbocycles. The average molecular weight is 169 g/mol. The van der Waals surface area contributed by atoms with Crippen molar-refractivity contribution < 1.29 is 0 Å². The summed E-state index contributed by atoms with van der Waals surface area (Å²) in [5.74, 6) is 0. The van der Waals surface area contributed by atoms with E-state index in [1.54, 1.807) is 0 Å². The molecule has 0 unspecified atom stereocenters. The first-order chi connectivity index (χ1) is 5.93. The first kappa shape index (κ1) is 9.32. The zero-order chi connectivity index (χ0) is 8.65. The fourth-order valence-corrected chi connectivity index (χ4v) is 1.35. The molecule has 12 heavy (non-hydrogen) atoms. The fraction of sp³-hybridized carbons (Fsp3) is 1.00. The molecule has 1 heterocycles.